The normalized spacial score (nSPS) is 15.4. The van der Waals surface area contributed by atoms with Gasteiger partial charge in [0.05, 0.1) is 6.61 Å². The molecule has 0 aromatic heterocycles. The van der Waals surface area contributed by atoms with Gasteiger partial charge in [0, 0.05) is 19.3 Å². The van der Waals surface area contributed by atoms with Gasteiger partial charge in [-0.2, -0.15) is 0 Å². The Morgan fingerprint density at radius 2 is 1.94 bits per heavy atom. The van der Waals surface area contributed by atoms with E-state index in [9.17, 15) is 0 Å². The lowest BCUT2D eigenvalue weighted by Gasteiger charge is -2.21. The van der Waals surface area contributed by atoms with E-state index in [0.29, 0.717) is 24.5 Å². The Kier molecular flexibility index (Phi) is 9.99. The lowest BCUT2D eigenvalue weighted by molar-refractivity contribution is 0.124. The van der Waals surface area contributed by atoms with Crippen LogP contribution in [0.1, 0.15) is 40.5 Å². The summed E-state index contributed by atoms with van der Waals surface area (Å²) in [6.07, 6.45) is 2.07. The first kappa shape index (κ1) is 15.9. The fraction of sp³-hybridized carbons (Fsp3) is 1.00. The number of nitrogens with one attached hydrogen (secondary N) is 1. The number of aliphatic hydroxyl groups is 1. The molecular weight excluding hydrogens is 202 g/mol. The maximum absolute atomic E-state index is 9.00. The van der Waals surface area contributed by atoms with Gasteiger partial charge in [0.2, 0.25) is 0 Å². The Bertz CT molecular complexity index is 151. The van der Waals surface area contributed by atoms with E-state index in [1.807, 2.05) is 6.92 Å². The van der Waals surface area contributed by atoms with Gasteiger partial charge in [-0.05, 0) is 45.1 Å². The zero-order valence-corrected chi connectivity index (χ0v) is 11.3. The van der Waals surface area contributed by atoms with Crippen LogP contribution in [0.4, 0.5) is 0 Å². The van der Waals surface area contributed by atoms with Crippen molar-refractivity contribution in [3.8, 4) is 0 Å². The van der Waals surface area contributed by atoms with Gasteiger partial charge in [-0.25, -0.2) is 0 Å². The third kappa shape index (κ3) is 9.13. The molecule has 0 aromatic rings. The zero-order chi connectivity index (χ0) is 12.4. The number of rotatable bonds is 10. The number of hydrogen-bond donors (Lipinski definition) is 2. The van der Waals surface area contributed by atoms with Crippen LogP contribution in [0.3, 0.4) is 0 Å². The minimum Gasteiger partial charge on any atom is -0.396 e. The molecule has 0 aromatic carbocycles. The lowest BCUT2D eigenvalue weighted by Crippen LogP contribution is -2.35. The van der Waals surface area contributed by atoms with E-state index in [4.69, 9.17) is 9.84 Å². The minimum absolute atomic E-state index is 0.291. The highest BCUT2D eigenvalue weighted by molar-refractivity contribution is 4.67. The van der Waals surface area contributed by atoms with Gasteiger partial charge in [-0.3, -0.25) is 0 Å². The first-order chi connectivity index (χ1) is 7.60. The van der Waals surface area contributed by atoms with Crippen LogP contribution in [-0.2, 0) is 4.74 Å². The fourth-order valence-electron chi connectivity index (χ4n) is 1.87. The summed E-state index contributed by atoms with van der Waals surface area (Å²) in [4.78, 5) is 0. The fourth-order valence-corrected chi connectivity index (χ4v) is 1.87. The predicted octanol–water partition coefficient (Wildman–Crippen LogP) is 2.05. The highest BCUT2D eigenvalue weighted by Crippen LogP contribution is 2.14. The average molecular weight is 231 g/mol. The van der Waals surface area contributed by atoms with Gasteiger partial charge in [-0.15, -0.1) is 0 Å². The van der Waals surface area contributed by atoms with Crippen LogP contribution in [0, 0.1) is 11.8 Å². The standard InChI is InChI=1S/C13H29NO2/c1-5-16-10-12(4)14-9-13(6-7-15)8-11(2)3/h11-15H,5-10H2,1-4H3. The molecule has 0 saturated heterocycles. The average Bonchev–Trinajstić information content (AvgIpc) is 2.22. The molecule has 98 valence electrons. The maximum atomic E-state index is 9.00. The first-order valence-electron chi connectivity index (χ1n) is 6.52. The molecule has 3 nitrogen and oxygen atoms in total. The van der Waals surface area contributed by atoms with Gasteiger partial charge < -0.3 is 15.2 Å². The molecule has 0 heterocycles. The smallest absolute Gasteiger partial charge is 0.0616 e. The SMILES string of the molecule is CCOCC(C)NCC(CCO)CC(C)C. The summed E-state index contributed by atoms with van der Waals surface area (Å²) in [6, 6.07) is 0.397. The lowest BCUT2D eigenvalue weighted by atomic mass is 9.94. The van der Waals surface area contributed by atoms with Crippen molar-refractivity contribution in [2.75, 3.05) is 26.4 Å². The van der Waals surface area contributed by atoms with Crippen molar-refractivity contribution in [2.45, 2.75) is 46.6 Å². The van der Waals surface area contributed by atoms with E-state index in [2.05, 4.69) is 26.1 Å². The molecular formula is C13H29NO2. The Labute approximate surface area is 101 Å². The largest absolute Gasteiger partial charge is 0.396 e. The summed E-state index contributed by atoms with van der Waals surface area (Å²) in [6.45, 7) is 11.4. The number of ether oxygens (including phenoxy) is 1. The molecule has 0 aliphatic rings. The molecule has 0 bridgehead atoms. The van der Waals surface area contributed by atoms with Crippen LogP contribution < -0.4 is 5.32 Å². The summed E-state index contributed by atoms with van der Waals surface area (Å²) in [5.74, 6) is 1.27. The van der Waals surface area contributed by atoms with E-state index in [-0.39, 0.29) is 0 Å². The number of hydrogen-bond acceptors (Lipinski definition) is 3. The van der Waals surface area contributed by atoms with Crippen molar-refractivity contribution >= 4 is 0 Å². The molecule has 2 atom stereocenters. The Morgan fingerprint density at radius 1 is 1.25 bits per heavy atom. The van der Waals surface area contributed by atoms with E-state index in [1.165, 1.54) is 6.42 Å². The number of aliphatic hydroxyl groups excluding tert-OH is 1. The highest BCUT2D eigenvalue weighted by Gasteiger charge is 2.11. The molecule has 0 radical (unpaired) electrons. The molecule has 3 heteroatoms. The highest BCUT2D eigenvalue weighted by atomic mass is 16.5. The van der Waals surface area contributed by atoms with E-state index < -0.39 is 0 Å². The second-order valence-corrected chi connectivity index (χ2v) is 4.98. The molecule has 0 saturated carbocycles. The van der Waals surface area contributed by atoms with E-state index in [0.717, 1.165) is 26.2 Å². The molecule has 2 unspecified atom stereocenters. The van der Waals surface area contributed by atoms with Gasteiger partial charge in [0.1, 0.15) is 0 Å². The van der Waals surface area contributed by atoms with Gasteiger partial charge in [0.25, 0.3) is 0 Å². The molecule has 0 aliphatic carbocycles. The summed E-state index contributed by atoms with van der Waals surface area (Å²) in [7, 11) is 0. The summed E-state index contributed by atoms with van der Waals surface area (Å²) < 4.78 is 5.36. The molecule has 2 N–H and O–H groups in total. The van der Waals surface area contributed by atoms with E-state index in [1.54, 1.807) is 0 Å². The van der Waals surface area contributed by atoms with Crippen molar-refractivity contribution in [1.82, 2.24) is 5.32 Å². The van der Waals surface area contributed by atoms with Crippen molar-refractivity contribution < 1.29 is 9.84 Å². The van der Waals surface area contributed by atoms with Crippen molar-refractivity contribution in [3.63, 3.8) is 0 Å². The zero-order valence-electron chi connectivity index (χ0n) is 11.3. The van der Waals surface area contributed by atoms with Crippen LogP contribution in [0.25, 0.3) is 0 Å². The monoisotopic (exact) mass is 231 g/mol. The van der Waals surface area contributed by atoms with Crippen molar-refractivity contribution in [2.24, 2.45) is 11.8 Å². The molecule has 0 fully saturated rings. The van der Waals surface area contributed by atoms with Crippen LogP contribution in [-0.4, -0.2) is 37.5 Å². The molecule has 0 amide bonds. The van der Waals surface area contributed by atoms with E-state index >= 15 is 0 Å². The van der Waals surface area contributed by atoms with Crippen LogP contribution in [0.5, 0.6) is 0 Å². The molecule has 0 rings (SSSR count). The van der Waals surface area contributed by atoms with Gasteiger partial charge in [-0.1, -0.05) is 13.8 Å². The Morgan fingerprint density at radius 3 is 2.44 bits per heavy atom. The topological polar surface area (TPSA) is 41.5 Å². The Hall–Kier alpha value is -0.120. The van der Waals surface area contributed by atoms with Crippen LogP contribution in [0.15, 0.2) is 0 Å². The quantitative estimate of drug-likeness (QED) is 0.604. The second-order valence-electron chi connectivity index (χ2n) is 4.98. The summed E-state index contributed by atoms with van der Waals surface area (Å²) in [5, 5.41) is 12.5. The molecule has 0 spiro atoms. The van der Waals surface area contributed by atoms with Crippen LogP contribution >= 0.6 is 0 Å². The Balaban J connectivity index is 3.72. The minimum atomic E-state index is 0.291. The van der Waals surface area contributed by atoms with Gasteiger partial charge in [0.15, 0.2) is 0 Å². The summed E-state index contributed by atoms with van der Waals surface area (Å²) >= 11 is 0. The van der Waals surface area contributed by atoms with Gasteiger partial charge >= 0.3 is 0 Å². The second kappa shape index (κ2) is 10.1. The maximum Gasteiger partial charge on any atom is 0.0616 e. The summed E-state index contributed by atoms with van der Waals surface area (Å²) in [5.41, 5.74) is 0. The van der Waals surface area contributed by atoms with Crippen molar-refractivity contribution in [1.29, 1.82) is 0 Å². The predicted molar refractivity (Wildman–Crippen MR) is 68.6 cm³/mol. The third-order valence-electron chi connectivity index (χ3n) is 2.67. The van der Waals surface area contributed by atoms with Crippen molar-refractivity contribution in [3.05, 3.63) is 0 Å². The molecule has 0 aliphatic heterocycles. The third-order valence-corrected chi connectivity index (χ3v) is 2.67. The first-order valence-corrected chi connectivity index (χ1v) is 6.52. The molecule has 16 heavy (non-hydrogen) atoms. The van der Waals surface area contributed by atoms with Crippen LogP contribution in [0.2, 0.25) is 0 Å².